The highest BCUT2D eigenvalue weighted by molar-refractivity contribution is 5.98. The van der Waals surface area contributed by atoms with Crippen molar-refractivity contribution in [1.82, 2.24) is 5.32 Å². The first kappa shape index (κ1) is 25.5. The molecular weight excluding hydrogens is 482 g/mol. The second kappa shape index (κ2) is 10.7. The molecule has 2 atom stereocenters. The van der Waals surface area contributed by atoms with Crippen molar-refractivity contribution >= 4 is 23.5 Å². The van der Waals surface area contributed by atoms with Gasteiger partial charge in [-0.05, 0) is 68.0 Å². The van der Waals surface area contributed by atoms with Crippen LogP contribution in [-0.4, -0.2) is 35.5 Å². The highest BCUT2D eigenvalue weighted by atomic mass is 16.5. The van der Waals surface area contributed by atoms with Crippen molar-refractivity contribution in [2.75, 3.05) is 11.9 Å². The molecule has 1 heterocycles. The zero-order chi connectivity index (χ0) is 26.7. The Morgan fingerprint density at radius 2 is 1.95 bits per heavy atom. The third kappa shape index (κ3) is 5.28. The number of rotatable bonds is 7. The Bertz CT molecular complexity index is 1340. The van der Waals surface area contributed by atoms with Gasteiger partial charge in [0.25, 0.3) is 5.91 Å². The zero-order valence-corrected chi connectivity index (χ0v) is 21.2. The maximum Gasteiger partial charge on any atom is 0.327 e. The number of carbonyl (C=O) groups is 3. The van der Waals surface area contributed by atoms with Crippen LogP contribution in [0.4, 0.5) is 5.69 Å². The van der Waals surface area contributed by atoms with E-state index in [0.717, 1.165) is 42.9 Å². The number of amides is 2. The average Bonchev–Trinajstić information content (AvgIpc) is 3.64. The Labute approximate surface area is 221 Å². The molecule has 2 amide bonds. The second-order valence-corrected chi connectivity index (χ2v) is 10.4. The summed E-state index contributed by atoms with van der Waals surface area (Å²) in [5, 5.41) is 24.4. The number of aliphatic carboxylic acids is 1. The summed E-state index contributed by atoms with van der Waals surface area (Å²) < 4.78 is 5.89. The molecule has 0 radical (unpaired) electrons. The molecule has 38 heavy (non-hydrogen) atoms. The quantitative estimate of drug-likeness (QED) is 0.468. The van der Waals surface area contributed by atoms with E-state index >= 15 is 0 Å². The van der Waals surface area contributed by atoms with E-state index in [1.165, 1.54) is 12.5 Å². The molecule has 0 aromatic heterocycles. The van der Waals surface area contributed by atoms with Gasteiger partial charge in [0.05, 0.1) is 18.2 Å². The molecule has 196 valence electrons. The van der Waals surface area contributed by atoms with Crippen LogP contribution in [0.1, 0.15) is 72.0 Å². The monoisotopic (exact) mass is 513 g/mol. The molecule has 2 aromatic carbocycles. The van der Waals surface area contributed by atoms with Gasteiger partial charge < -0.3 is 20.5 Å². The normalized spacial score (nSPS) is 22.2. The standard InChI is InChI=1S/C30H31N3O5/c31-18-19-9-10-20(5-4-8-27(34)35)25(15-19)33-29(37)24-17-30(24)13-14-38-26-12-11-21(16-23(26)30)28(36)32-22-6-2-1-3-7-22/h4,8-12,15-16,22,24H,1-3,5-7,13-14,17H2,(H,32,36)(H,33,37)(H,34,35)/t24-,30-/m0/s1. The molecule has 2 aromatic rings. The van der Waals surface area contributed by atoms with Crippen LogP contribution in [0.25, 0.3) is 0 Å². The SMILES string of the molecule is N#Cc1ccc(CC=CC(=O)O)c(NC(=O)[C@@H]2C[C@]23CCOc2ccc(C(=O)NC4CCCCC4)cc23)c1. The Balaban J connectivity index is 1.34. The molecule has 3 aliphatic rings. The lowest BCUT2D eigenvalue weighted by molar-refractivity contribution is -0.131. The Morgan fingerprint density at radius 1 is 1.13 bits per heavy atom. The van der Waals surface area contributed by atoms with Gasteiger partial charge in [0.15, 0.2) is 0 Å². The van der Waals surface area contributed by atoms with Crippen LogP contribution in [0, 0.1) is 17.2 Å². The van der Waals surface area contributed by atoms with E-state index in [1.54, 1.807) is 24.3 Å². The van der Waals surface area contributed by atoms with E-state index in [2.05, 4.69) is 16.7 Å². The first-order chi connectivity index (χ1) is 18.4. The predicted octanol–water partition coefficient (Wildman–Crippen LogP) is 4.48. The number of hydrogen-bond acceptors (Lipinski definition) is 5. The summed E-state index contributed by atoms with van der Waals surface area (Å²) >= 11 is 0. The van der Waals surface area contributed by atoms with Crippen LogP contribution in [0.3, 0.4) is 0 Å². The van der Waals surface area contributed by atoms with E-state index < -0.39 is 11.4 Å². The molecule has 2 fully saturated rings. The molecule has 0 saturated heterocycles. The number of carboxylic acid groups (broad SMARTS) is 1. The lowest BCUT2D eigenvalue weighted by Gasteiger charge is -2.28. The highest BCUT2D eigenvalue weighted by Gasteiger charge is 2.61. The van der Waals surface area contributed by atoms with E-state index in [4.69, 9.17) is 9.84 Å². The van der Waals surface area contributed by atoms with Gasteiger partial charge in [-0.1, -0.05) is 31.4 Å². The second-order valence-electron chi connectivity index (χ2n) is 10.4. The first-order valence-electron chi connectivity index (χ1n) is 13.2. The van der Waals surface area contributed by atoms with Gasteiger partial charge in [0.1, 0.15) is 5.75 Å². The van der Waals surface area contributed by atoms with Crippen LogP contribution in [0.15, 0.2) is 48.6 Å². The number of carbonyl (C=O) groups excluding carboxylic acids is 2. The van der Waals surface area contributed by atoms with Crippen molar-refractivity contribution < 1.29 is 24.2 Å². The fourth-order valence-corrected chi connectivity index (χ4v) is 5.85. The molecule has 2 saturated carbocycles. The number of allylic oxidation sites excluding steroid dienone is 1. The minimum absolute atomic E-state index is 0.0885. The van der Waals surface area contributed by atoms with Crippen LogP contribution < -0.4 is 15.4 Å². The molecule has 0 unspecified atom stereocenters. The largest absolute Gasteiger partial charge is 0.493 e. The lowest BCUT2D eigenvalue weighted by Crippen LogP contribution is -2.36. The van der Waals surface area contributed by atoms with Crippen molar-refractivity contribution in [1.29, 1.82) is 5.26 Å². The number of ether oxygens (including phenoxy) is 1. The third-order valence-corrected chi connectivity index (χ3v) is 8.01. The number of carboxylic acids is 1. The van der Waals surface area contributed by atoms with Gasteiger partial charge in [-0.3, -0.25) is 9.59 Å². The number of benzene rings is 2. The van der Waals surface area contributed by atoms with Crippen molar-refractivity contribution in [3.8, 4) is 11.8 Å². The number of fused-ring (bicyclic) bond motifs is 2. The summed E-state index contributed by atoms with van der Waals surface area (Å²) in [6.45, 7) is 0.500. The average molecular weight is 514 g/mol. The van der Waals surface area contributed by atoms with Crippen LogP contribution in [-0.2, 0) is 21.4 Å². The Morgan fingerprint density at radius 3 is 2.71 bits per heavy atom. The van der Waals surface area contributed by atoms with Crippen molar-refractivity contribution in [2.45, 2.75) is 62.8 Å². The van der Waals surface area contributed by atoms with E-state index in [-0.39, 0.29) is 23.8 Å². The van der Waals surface area contributed by atoms with Gasteiger partial charge in [-0.15, -0.1) is 0 Å². The summed E-state index contributed by atoms with van der Waals surface area (Å²) in [6.07, 6.45) is 9.70. The lowest BCUT2D eigenvalue weighted by atomic mass is 9.86. The fraction of sp³-hybridized carbons (Fsp3) is 0.400. The van der Waals surface area contributed by atoms with E-state index in [1.807, 2.05) is 12.1 Å². The summed E-state index contributed by atoms with van der Waals surface area (Å²) in [7, 11) is 0. The molecule has 1 aliphatic heterocycles. The van der Waals surface area contributed by atoms with Gasteiger partial charge in [0, 0.05) is 40.3 Å². The van der Waals surface area contributed by atoms with Gasteiger partial charge in [-0.25, -0.2) is 4.79 Å². The molecule has 1 spiro atoms. The predicted molar refractivity (Wildman–Crippen MR) is 141 cm³/mol. The molecule has 8 heteroatoms. The van der Waals surface area contributed by atoms with Crippen LogP contribution in [0.2, 0.25) is 0 Å². The van der Waals surface area contributed by atoms with Crippen LogP contribution in [0.5, 0.6) is 5.75 Å². The highest BCUT2D eigenvalue weighted by Crippen LogP contribution is 2.61. The third-order valence-electron chi connectivity index (χ3n) is 8.01. The van der Waals surface area contributed by atoms with E-state index in [0.29, 0.717) is 48.4 Å². The minimum atomic E-state index is -1.05. The molecule has 0 bridgehead atoms. The summed E-state index contributed by atoms with van der Waals surface area (Å²) in [5.74, 6) is -0.876. The summed E-state index contributed by atoms with van der Waals surface area (Å²) in [5.41, 5.74) is 2.71. The Kier molecular flexibility index (Phi) is 7.19. The number of hydrogen-bond donors (Lipinski definition) is 3. The first-order valence-corrected chi connectivity index (χ1v) is 13.2. The van der Waals surface area contributed by atoms with Crippen molar-refractivity contribution in [3.05, 3.63) is 70.8 Å². The van der Waals surface area contributed by atoms with Crippen molar-refractivity contribution in [3.63, 3.8) is 0 Å². The van der Waals surface area contributed by atoms with Crippen molar-refractivity contribution in [2.24, 2.45) is 5.92 Å². The summed E-state index contributed by atoms with van der Waals surface area (Å²) in [4.78, 5) is 37.3. The minimum Gasteiger partial charge on any atom is -0.493 e. The maximum absolute atomic E-state index is 13.4. The summed E-state index contributed by atoms with van der Waals surface area (Å²) in [6, 6.07) is 12.8. The molecular formula is C30H31N3O5. The Hall–Kier alpha value is -4.12. The van der Waals surface area contributed by atoms with Gasteiger partial charge in [0.2, 0.25) is 5.91 Å². The molecule has 5 rings (SSSR count). The number of nitrogens with one attached hydrogen (secondary N) is 2. The zero-order valence-electron chi connectivity index (χ0n) is 21.2. The smallest absolute Gasteiger partial charge is 0.327 e. The molecule has 3 N–H and O–H groups in total. The van der Waals surface area contributed by atoms with Crippen LogP contribution >= 0.6 is 0 Å². The van der Waals surface area contributed by atoms with E-state index in [9.17, 15) is 19.6 Å². The maximum atomic E-state index is 13.4. The topological polar surface area (TPSA) is 129 Å². The molecule has 2 aliphatic carbocycles. The van der Waals surface area contributed by atoms with Gasteiger partial charge in [-0.2, -0.15) is 5.26 Å². The molecule has 8 nitrogen and oxygen atoms in total. The number of anilines is 1. The van der Waals surface area contributed by atoms with Gasteiger partial charge >= 0.3 is 5.97 Å². The number of nitriles is 1. The fourth-order valence-electron chi connectivity index (χ4n) is 5.85. The number of nitrogens with zero attached hydrogens (tertiary/aromatic N) is 1.